The maximum Gasteiger partial charge on any atom is 0.143 e. The van der Waals surface area contributed by atoms with Crippen LogP contribution in [-0.2, 0) is 6.54 Å². The zero-order chi connectivity index (χ0) is 14.7. The molecule has 1 aromatic heterocycles. The lowest BCUT2D eigenvalue weighted by atomic mass is 10.2. The standard InChI is InChI=1S/C15H20BrN3O/c1-10(2)19-9-12(8-18-19)7-17-15-11(3)5-13(16)6-14(15)20-4/h5-6,8-10,17H,7H2,1-4H3. The van der Waals surface area contributed by atoms with E-state index < -0.39 is 0 Å². The first kappa shape index (κ1) is 14.9. The van der Waals surface area contributed by atoms with Crippen molar-refractivity contribution in [3.8, 4) is 5.75 Å². The predicted molar refractivity (Wildman–Crippen MR) is 85.4 cm³/mol. The molecule has 0 amide bonds. The van der Waals surface area contributed by atoms with Crippen molar-refractivity contribution in [2.24, 2.45) is 0 Å². The topological polar surface area (TPSA) is 39.1 Å². The number of hydrogen-bond acceptors (Lipinski definition) is 3. The Morgan fingerprint density at radius 1 is 1.40 bits per heavy atom. The van der Waals surface area contributed by atoms with Gasteiger partial charge < -0.3 is 10.1 Å². The molecular formula is C15H20BrN3O. The molecule has 0 atom stereocenters. The maximum absolute atomic E-state index is 5.43. The van der Waals surface area contributed by atoms with E-state index in [1.807, 2.05) is 16.9 Å². The third-order valence-electron chi connectivity index (χ3n) is 3.14. The summed E-state index contributed by atoms with van der Waals surface area (Å²) < 4.78 is 8.41. The molecule has 1 aromatic carbocycles. The van der Waals surface area contributed by atoms with E-state index in [1.165, 1.54) is 0 Å². The smallest absolute Gasteiger partial charge is 0.143 e. The highest BCUT2D eigenvalue weighted by Gasteiger charge is 2.09. The minimum absolute atomic E-state index is 0.382. The zero-order valence-corrected chi connectivity index (χ0v) is 13.9. The molecule has 0 bridgehead atoms. The molecule has 0 unspecified atom stereocenters. The second-order valence-electron chi connectivity index (χ2n) is 5.08. The second-order valence-corrected chi connectivity index (χ2v) is 5.99. The summed E-state index contributed by atoms with van der Waals surface area (Å²) in [4.78, 5) is 0. The summed E-state index contributed by atoms with van der Waals surface area (Å²) in [6.07, 6.45) is 3.96. The summed E-state index contributed by atoms with van der Waals surface area (Å²) in [7, 11) is 1.68. The number of aryl methyl sites for hydroxylation is 1. The Balaban J connectivity index is 2.14. The Hall–Kier alpha value is -1.49. The van der Waals surface area contributed by atoms with Gasteiger partial charge in [0.05, 0.1) is 19.0 Å². The zero-order valence-electron chi connectivity index (χ0n) is 12.3. The van der Waals surface area contributed by atoms with Crippen molar-refractivity contribution in [3.63, 3.8) is 0 Å². The third kappa shape index (κ3) is 3.33. The summed E-state index contributed by atoms with van der Waals surface area (Å²) in [6.45, 7) is 7.02. The van der Waals surface area contributed by atoms with E-state index in [9.17, 15) is 0 Å². The van der Waals surface area contributed by atoms with Crippen LogP contribution in [0.1, 0.15) is 31.0 Å². The van der Waals surface area contributed by atoms with Gasteiger partial charge in [-0.25, -0.2) is 0 Å². The highest BCUT2D eigenvalue weighted by molar-refractivity contribution is 9.10. The van der Waals surface area contributed by atoms with Gasteiger partial charge in [-0.15, -0.1) is 0 Å². The van der Waals surface area contributed by atoms with E-state index in [1.54, 1.807) is 7.11 Å². The van der Waals surface area contributed by atoms with Gasteiger partial charge in [0.2, 0.25) is 0 Å². The summed E-state index contributed by atoms with van der Waals surface area (Å²) in [5, 5.41) is 7.77. The van der Waals surface area contributed by atoms with Crippen LogP contribution in [0.4, 0.5) is 5.69 Å². The van der Waals surface area contributed by atoms with Gasteiger partial charge in [-0.05, 0) is 38.5 Å². The van der Waals surface area contributed by atoms with E-state index >= 15 is 0 Å². The minimum atomic E-state index is 0.382. The molecular weight excluding hydrogens is 318 g/mol. The van der Waals surface area contributed by atoms with Crippen LogP contribution >= 0.6 is 15.9 Å². The molecule has 108 valence electrons. The van der Waals surface area contributed by atoms with Gasteiger partial charge >= 0.3 is 0 Å². The number of benzene rings is 1. The van der Waals surface area contributed by atoms with Crippen molar-refractivity contribution in [1.29, 1.82) is 0 Å². The predicted octanol–water partition coefficient (Wildman–Crippen LogP) is 4.16. The number of methoxy groups -OCH3 is 1. The molecule has 0 aliphatic carbocycles. The van der Waals surface area contributed by atoms with Crippen LogP contribution < -0.4 is 10.1 Å². The molecule has 0 radical (unpaired) electrons. The normalized spacial score (nSPS) is 10.9. The monoisotopic (exact) mass is 337 g/mol. The molecule has 5 heteroatoms. The number of halogens is 1. The van der Waals surface area contributed by atoms with Crippen molar-refractivity contribution < 1.29 is 4.74 Å². The van der Waals surface area contributed by atoms with Crippen LogP contribution in [-0.4, -0.2) is 16.9 Å². The molecule has 0 fully saturated rings. The van der Waals surface area contributed by atoms with E-state index in [0.29, 0.717) is 6.04 Å². The van der Waals surface area contributed by atoms with Crippen molar-refractivity contribution in [2.75, 3.05) is 12.4 Å². The lowest BCUT2D eigenvalue weighted by molar-refractivity contribution is 0.416. The Morgan fingerprint density at radius 3 is 2.75 bits per heavy atom. The molecule has 1 N–H and O–H groups in total. The van der Waals surface area contributed by atoms with Gasteiger partial charge in [-0.2, -0.15) is 5.10 Å². The summed E-state index contributed by atoms with van der Waals surface area (Å²) in [6, 6.07) is 4.42. The summed E-state index contributed by atoms with van der Waals surface area (Å²) in [5.74, 6) is 0.841. The molecule has 2 rings (SSSR count). The first-order valence-electron chi connectivity index (χ1n) is 6.62. The van der Waals surface area contributed by atoms with Crippen molar-refractivity contribution in [1.82, 2.24) is 9.78 Å². The number of rotatable bonds is 5. The van der Waals surface area contributed by atoms with Gasteiger partial charge in [0.1, 0.15) is 5.75 Å². The van der Waals surface area contributed by atoms with E-state index in [2.05, 4.69) is 59.4 Å². The average Bonchev–Trinajstić information content (AvgIpc) is 2.85. The molecule has 0 saturated heterocycles. The van der Waals surface area contributed by atoms with Gasteiger partial charge in [0, 0.05) is 28.8 Å². The molecule has 0 aliphatic rings. The molecule has 20 heavy (non-hydrogen) atoms. The number of hydrogen-bond donors (Lipinski definition) is 1. The van der Waals surface area contributed by atoms with Gasteiger partial charge in [0.25, 0.3) is 0 Å². The van der Waals surface area contributed by atoms with Crippen molar-refractivity contribution in [3.05, 3.63) is 40.1 Å². The minimum Gasteiger partial charge on any atom is -0.495 e. The SMILES string of the molecule is COc1cc(Br)cc(C)c1NCc1cnn(C(C)C)c1. The molecule has 2 aromatic rings. The van der Waals surface area contributed by atoms with Crippen LogP contribution in [0.25, 0.3) is 0 Å². The van der Waals surface area contributed by atoms with Gasteiger partial charge in [-0.3, -0.25) is 4.68 Å². The fraction of sp³-hybridized carbons (Fsp3) is 0.400. The van der Waals surface area contributed by atoms with E-state index in [4.69, 9.17) is 4.74 Å². The van der Waals surface area contributed by atoms with E-state index in [-0.39, 0.29) is 0 Å². The van der Waals surface area contributed by atoms with Crippen molar-refractivity contribution in [2.45, 2.75) is 33.4 Å². The first-order chi connectivity index (χ1) is 9.51. The summed E-state index contributed by atoms with van der Waals surface area (Å²) >= 11 is 3.48. The number of anilines is 1. The maximum atomic E-state index is 5.43. The largest absolute Gasteiger partial charge is 0.495 e. The Morgan fingerprint density at radius 2 is 2.15 bits per heavy atom. The van der Waals surface area contributed by atoms with Crippen LogP contribution in [0.15, 0.2) is 29.0 Å². The van der Waals surface area contributed by atoms with Crippen LogP contribution in [0.5, 0.6) is 5.75 Å². The summed E-state index contributed by atoms with van der Waals surface area (Å²) in [5.41, 5.74) is 3.32. The fourth-order valence-corrected chi connectivity index (χ4v) is 2.59. The van der Waals surface area contributed by atoms with Crippen LogP contribution in [0, 0.1) is 6.92 Å². The Bertz CT molecular complexity index is 593. The van der Waals surface area contributed by atoms with Crippen LogP contribution in [0.3, 0.4) is 0 Å². The molecule has 0 aliphatic heterocycles. The highest BCUT2D eigenvalue weighted by Crippen LogP contribution is 2.32. The number of nitrogens with one attached hydrogen (secondary N) is 1. The Labute approximate surface area is 128 Å². The highest BCUT2D eigenvalue weighted by atomic mass is 79.9. The number of ether oxygens (including phenoxy) is 1. The second kappa shape index (κ2) is 6.31. The molecule has 0 spiro atoms. The lowest BCUT2D eigenvalue weighted by Gasteiger charge is -2.14. The van der Waals surface area contributed by atoms with Gasteiger partial charge in [-0.1, -0.05) is 15.9 Å². The first-order valence-corrected chi connectivity index (χ1v) is 7.41. The number of nitrogens with zero attached hydrogens (tertiary/aromatic N) is 2. The van der Waals surface area contributed by atoms with Crippen LogP contribution in [0.2, 0.25) is 0 Å². The molecule has 4 nitrogen and oxygen atoms in total. The fourth-order valence-electron chi connectivity index (χ4n) is 2.04. The number of aromatic nitrogens is 2. The lowest BCUT2D eigenvalue weighted by Crippen LogP contribution is -2.03. The van der Waals surface area contributed by atoms with Gasteiger partial charge in [0.15, 0.2) is 0 Å². The molecule has 1 heterocycles. The Kier molecular flexibility index (Phi) is 4.70. The average molecular weight is 338 g/mol. The quantitative estimate of drug-likeness (QED) is 0.890. The molecule has 0 saturated carbocycles. The third-order valence-corrected chi connectivity index (χ3v) is 3.60. The van der Waals surface area contributed by atoms with Crippen molar-refractivity contribution >= 4 is 21.6 Å². The van der Waals surface area contributed by atoms with E-state index in [0.717, 1.165) is 33.6 Å².